The summed E-state index contributed by atoms with van der Waals surface area (Å²) in [7, 11) is 0. The number of nitrogens with one attached hydrogen (secondary N) is 1. The van der Waals surface area contributed by atoms with Crippen LogP contribution in [0.2, 0.25) is 0 Å². The fourth-order valence-corrected chi connectivity index (χ4v) is 3.83. The van der Waals surface area contributed by atoms with E-state index in [9.17, 15) is 9.59 Å². The van der Waals surface area contributed by atoms with Crippen LogP contribution in [0.25, 0.3) is 0 Å². The highest BCUT2D eigenvalue weighted by Crippen LogP contribution is 2.19. The zero-order chi connectivity index (χ0) is 25.2. The Bertz CT molecular complexity index is 1100. The molecule has 3 aromatic rings. The molecule has 0 aliphatic rings. The Hall–Kier alpha value is -3.60. The monoisotopic (exact) mass is 472 g/mol. The number of carbonyl (C=O) groups excluding carboxylic acids is 2. The minimum absolute atomic E-state index is 0.0142. The number of amides is 2. The average molecular weight is 473 g/mol. The van der Waals surface area contributed by atoms with E-state index in [1.54, 1.807) is 4.90 Å². The molecule has 3 rings (SSSR count). The van der Waals surface area contributed by atoms with Crippen LogP contribution in [0.3, 0.4) is 0 Å². The van der Waals surface area contributed by atoms with Crippen LogP contribution < -0.4 is 10.1 Å². The Balaban J connectivity index is 1.91. The van der Waals surface area contributed by atoms with Crippen LogP contribution >= 0.6 is 0 Å². The van der Waals surface area contributed by atoms with Crippen molar-refractivity contribution in [2.75, 3.05) is 6.61 Å². The minimum Gasteiger partial charge on any atom is -0.484 e. The first kappa shape index (κ1) is 26.0. The van der Waals surface area contributed by atoms with Crippen molar-refractivity contribution in [3.63, 3.8) is 0 Å². The maximum Gasteiger partial charge on any atom is 0.261 e. The van der Waals surface area contributed by atoms with E-state index < -0.39 is 6.04 Å². The standard InChI is InChI=1S/C30H36N2O3/c1-5-24(4)31-30(34)27(19-25-12-7-6-8-13-25)32(20-26-17-15-22(2)16-18-26)29(33)21-35-28-14-10-9-11-23(28)3/h6-18,24,27H,5,19-21H2,1-4H3,(H,31,34)/t24-,27-/m0/s1. The maximum absolute atomic E-state index is 13.6. The number of ether oxygens (including phenoxy) is 1. The summed E-state index contributed by atoms with van der Waals surface area (Å²) in [6.07, 6.45) is 1.23. The molecule has 5 nitrogen and oxygen atoms in total. The largest absolute Gasteiger partial charge is 0.484 e. The van der Waals surface area contributed by atoms with E-state index in [0.717, 1.165) is 28.7 Å². The first-order chi connectivity index (χ1) is 16.9. The van der Waals surface area contributed by atoms with Crippen molar-refractivity contribution in [3.05, 3.63) is 101 Å². The van der Waals surface area contributed by atoms with Gasteiger partial charge in [-0.1, -0.05) is 85.3 Å². The topological polar surface area (TPSA) is 58.6 Å². The van der Waals surface area contributed by atoms with Gasteiger partial charge in [0.15, 0.2) is 6.61 Å². The Morgan fingerprint density at radius 2 is 1.54 bits per heavy atom. The molecule has 0 fully saturated rings. The third-order valence-corrected chi connectivity index (χ3v) is 6.19. The van der Waals surface area contributed by atoms with Gasteiger partial charge in [-0.2, -0.15) is 0 Å². The van der Waals surface area contributed by atoms with E-state index >= 15 is 0 Å². The van der Waals surface area contributed by atoms with Gasteiger partial charge < -0.3 is 15.0 Å². The molecule has 2 atom stereocenters. The van der Waals surface area contributed by atoms with Crippen molar-refractivity contribution in [2.24, 2.45) is 0 Å². The molecule has 0 heterocycles. The molecule has 0 spiro atoms. The van der Waals surface area contributed by atoms with Gasteiger partial charge in [-0.05, 0) is 49.9 Å². The summed E-state index contributed by atoms with van der Waals surface area (Å²) in [6, 6.07) is 24.8. The third kappa shape index (κ3) is 7.71. The van der Waals surface area contributed by atoms with Gasteiger partial charge in [0.05, 0.1) is 0 Å². The van der Waals surface area contributed by atoms with Crippen LogP contribution in [0.15, 0.2) is 78.9 Å². The Labute approximate surface area is 209 Å². The molecular weight excluding hydrogens is 436 g/mol. The van der Waals surface area contributed by atoms with Crippen molar-refractivity contribution in [1.29, 1.82) is 0 Å². The predicted octanol–water partition coefficient (Wildman–Crippen LogP) is 5.24. The SMILES string of the molecule is CC[C@H](C)NC(=O)[C@H](Cc1ccccc1)N(Cc1ccc(C)cc1)C(=O)COc1ccccc1C. The summed E-state index contributed by atoms with van der Waals surface area (Å²) in [4.78, 5) is 28.8. The summed E-state index contributed by atoms with van der Waals surface area (Å²) in [5.74, 6) is 0.286. The lowest BCUT2D eigenvalue weighted by molar-refractivity contribution is -0.143. The number of para-hydroxylation sites is 1. The number of carbonyl (C=O) groups is 2. The highest BCUT2D eigenvalue weighted by atomic mass is 16.5. The lowest BCUT2D eigenvalue weighted by Gasteiger charge is -2.32. The lowest BCUT2D eigenvalue weighted by atomic mass is 10.0. The highest BCUT2D eigenvalue weighted by Gasteiger charge is 2.31. The van der Waals surface area contributed by atoms with E-state index in [1.165, 1.54) is 0 Å². The minimum atomic E-state index is -0.666. The molecule has 0 saturated carbocycles. The molecule has 3 aromatic carbocycles. The fraction of sp³-hybridized carbons (Fsp3) is 0.333. The van der Waals surface area contributed by atoms with Gasteiger partial charge in [0.2, 0.25) is 5.91 Å². The molecule has 0 unspecified atom stereocenters. The number of hydrogen-bond acceptors (Lipinski definition) is 3. The van der Waals surface area contributed by atoms with Crippen LogP contribution in [-0.4, -0.2) is 35.4 Å². The Morgan fingerprint density at radius 3 is 2.20 bits per heavy atom. The molecule has 0 bridgehead atoms. The highest BCUT2D eigenvalue weighted by molar-refractivity contribution is 5.88. The third-order valence-electron chi connectivity index (χ3n) is 6.19. The number of benzene rings is 3. The molecule has 0 radical (unpaired) electrons. The summed E-state index contributed by atoms with van der Waals surface area (Å²) >= 11 is 0. The van der Waals surface area contributed by atoms with Gasteiger partial charge >= 0.3 is 0 Å². The molecule has 0 aliphatic carbocycles. The first-order valence-corrected chi connectivity index (χ1v) is 12.2. The Morgan fingerprint density at radius 1 is 0.886 bits per heavy atom. The summed E-state index contributed by atoms with van der Waals surface area (Å²) < 4.78 is 5.90. The lowest BCUT2D eigenvalue weighted by Crippen LogP contribution is -2.53. The van der Waals surface area contributed by atoms with Crippen molar-refractivity contribution in [1.82, 2.24) is 10.2 Å². The van der Waals surface area contributed by atoms with E-state index in [-0.39, 0.29) is 24.5 Å². The van der Waals surface area contributed by atoms with Crippen LogP contribution in [0.1, 0.15) is 42.5 Å². The summed E-state index contributed by atoms with van der Waals surface area (Å²) in [5.41, 5.74) is 4.07. The van der Waals surface area contributed by atoms with Crippen molar-refractivity contribution >= 4 is 11.8 Å². The van der Waals surface area contributed by atoms with Gasteiger partial charge in [-0.15, -0.1) is 0 Å². The van der Waals surface area contributed by atoms with Crippen LogP contribution in [0.5, 0.6) is 5.75 Å². The maximum atomic E-state index is 13.6. The van der Waals surface area contributed by atoms with E-state index in [2.05, 4.69) is 5.32 Å². The number of nitrogens with zero attached hydrogens (tertiary/aromatic N) is 1. The first-order valence-electron chi connectivity index (χ1n) is 12.2. The summed E-state index contributed by atoms with van der Waals surface area (Å²) in [5, 5.41) is 3.09. The molecule has 0 aliphatic heterocycles. The van der Waals surface area contributed by atoms with Crippen LogP contribution in [-0.2, 0) is 22.6 Å². The van der Waals surface area contributed by atoms with Crippen molar-refractivity contribution in [2.45, 2.75) is 59.2 Å². The van der Waals surface area contributed by atoms with Gasteiger partial charge in [0, 0.05) is 19.0 Å². The van der Waals surface area contributed by atoms with Crippen LogP contribution in [0.4, 0.5) is 0 Å². The van der Waals surface area contributed by atoms with Gasteiger partial charge in [-0.25, -0.2) is 0 Å². The normalized spacial score (nSPS) is 12.5. The molecule has 5 heteroatoms. The van der Waals surface area contributed by atoms with Crippen LogP contribution in [0, 0.1) is 13.8 Å². The smallest absolute Gasteiger partial charge is 0.261 e. The quantitative estimate of drug-likeness (QED) is 0.415. The second-order valence-electron chi connectivity index (χ2n) is 9.08. The van der Waals surface area contributed by atoms with E-state index in [0.29, 0.717) is 18.7 Å². The second-order valence-corrected chi connectivity index (χ2v) is 9.08. The molecule has 1 N–H and O–H groups in total. The van der Waals surface area contributed by atoms with Crippen molar-refractivity contribution < 1.29 is 14.3 Å². The molecule has 2 amide bonds. The zero-order valence-electron chi connectivity index (χ0n) is 21.2. The summed E-state index contributed by atoms with van der Waals surface area (Å²) in [6.45, 7) is 8.16. The number of rotatable bonds is 11. The fourth-order valence-electron chi connectivity index (χ4n) is 3.83. The Kier molecular flexibility index (Phi) is 9.47. The molecular formula is C30H36N2O3. The molecule has 0 saturated heterocycles. The van der Waals surface area contributed by atoms with E-state index in [4.69, 9.17) is 4.74 Å². The molecule has 0 aromatic heterocycles. The molecule has 184 valence electrons. The number of hydrogen-bond donors (Lipinski definition) is 1. The second kappa shape index (κ2) is 12.7. The van der Waals surface area contributed by atoms with Gasteiger partial charge in [0.25, 0.3) is 5.91 Å². The van der Waals surface area contributed by atoms with E-state index in [1.807, 2.05) is 107 Å². The number of aryl methyl sites for hydroxylation is 2. The average Bonchev–Trinajstić information content (AvgIpc) is 2.87. The van der Waals surface area contributed by atoms with Crippen molar-refractivity contribution in [3.8, 4) is 5.75 Å². The zero-order valence-corrected chi connectivity index (χ0v) is 21.2. The van der Waals surface area contributed by atoms with Gasteiger partial charge in [-0.3, -0.25) is 9.59 Å². The van der Waals surface area contributed by atoms with Gasteiger partial charge in [0.1, 0.15) is 11.8 Å². The predicted molar refractivity (Wildman–Crippen MR) is 140 cm³/mol. The molecule has 35 heavy (non-hydrogen) atoms.